The van der Waals surface area contributed by atoms with Gasteiger partial charge in [0.1, 0.15) is 11.5 Å². The number of nitrogens with zero attached hydrogens (tertiary/aromatic N) is 1. The van der Waals surface area contributed by atoms with Crippen molar-refractivity contribution in [2.75, 3.05) is 13.1 Å². The van der Waals surface area contributed by atoms with Gasteiger partial charge >= 0.3 is 0 Å². The highest BCUT2D eigenvalue weighted by Gasteiger charge is 2.18. The maximum absolute atomic E-state index is 12.6. The normalized spacial score (nSPS) is 15.6. The fraction of sp³-hybridized carbons (Fsp3) is 0.263. The van der Waals surface area contributed by atoms with Gasteiger partial charge in [0.15, 0.2) is 0 Å². The van der Waals surface area contributed by atoms with E-state index in [9.17, 15) is 9.59 Å². The number of nitrogens with one attached hydrogen (secondary N) is 2. The topological polar surface area (TPSA) is 74.6 Å². The lowest BCUT2D eigenvalue weighted by Crippen LogP contribution is -2.47. The number of benzene rings is 1. The molecule has 1 aliphatic rings. The van der Waals surface area contributed by atoms with Crippen LogP contribution < -0.4 is 10.7 Å². The number of carbonyl (C=O) groups excluding carboxylic acids is 2. The van der Waals surface area contributed by atoms with E-state index in [1.54, 1.807) is 36.4 Å². The predicted octanol–water partition coefficient (Wildman–Crippen LogP) is 2.57. The molecule has 2 aromatic rings. The van der Waals surface area contributed by atoms with Crippen molar-refractivity contribution >= 4 is 17.9 Å². The largest absolute Gasteiger partial charge is 0.465 e. The Bertz CT molecular complexity index is 733. The van der Waals surface area contributed by atoms with Gasteiger partial charge in [-0.15, -0.1) is 0 Å². The molecule has 0 spiro atoms. The summed E-state index contributed by atoms with van der Waals surface area (Å²) in [6.07, 6.45) is 6.32. The highest BCUT2D eigenvalue weighted by molar-refractivity contribution is 6.04. The summed E-state index contributed by atoms with van der Waals surface area (Å²) in [5.74, 6) is -0.202. The molecule has 0 atom stereocenters. The monoisotopic (exact) mass is 339 g/mol. The number of carbonyl (C=O) groups is 2. The van der Waals surface area contributed by atoms with Crippen LogP contribution in [0.5, 0.6) is 0 Å². The number of piperidine rings is 1. The minimum Gasteiger partial charge on any atom is -0.465 e. The second-order valence-electron chi connectivity index (χ2n) is 5.88. The first kappa shape index (κ1) is 17.0. The van der Waals surface area contributed by atoms with Gasteiger partial charge in [-0.25, -0.2) is 5.01 Å². The summed E-state index contributed by atoms with van der Waals surface area (Å²) in [6.45, 7) is 1.62. The van der Waals surface area contributed by atoms with E-state index in [4.69, 9.17) is 4.42 Å². The van der Waals surface area contributed by atoms with Crippen LogP contribution in [0, 0.1) is 0 Å². The smallest absolute Gasteiger partial charge is 0.282 e. The molecule has 0 bridgehead atoms. The number of hydrogen-bond acceptors (Lipinski definition) is 4. The van der Waals surface area contributed by atoms with Crippen molar-refractivity contribution in [3.63, 3.8) is 0 Å². The van der Waals surface area contributed by atoms with E-state index in [1.165, 1.54) is 18.8 Å². The lowest BCUT2D eigenvalue weighted by Gasteiger charge is -2.27. The van der Waals surface area contributed by atoms with Gasteiger partial charge in [0, 0.05) is 24.7 Å². The molecule has 1 saturated heterocycles. The van der Waals surface area contributed by atoms with E-state index in [1.807, 2.05) is 11.1 Å². The van der Waals surface area contributed by atoms with Crippen LogP contribution in [0.25, 0.3) is 6.08 Å². The molecule has 6 heteroatoms. The van der Waals surface area contributed by atoms with E-state index in [0.717, 1.165) is 25.9 Å². The summed E-state index contributed by atoms with van der Waals surface area (Å²) >= 11 is 0. The number of furan rings is 1. The molecule has 1 aromatic carbocycles. The SMILES string of the molecule is O=C(NN1CCCCC1)C(=Cc1ccco1)NC(=O)c1ccccc1. The zero-order valence-corrected chi connectivity index (χ0v) is 13.9. The van der Waals surface area contributed by atoms with Crippen LogP contribution in [-0.4, -0.2) is 29.9 Å². The van der Waals surface area contributed by atoms with Crippen LogP contribution in [0.4, 0.5) is 0 Å². The predicted molar refractivity (Wildman–Crippen MR) is 94.2 cm³/mol. The Kier molecular flexibility index (Phi) is 5.64. The number of hydrazine groups is 1. The fourth-order valence-electron chi connectivity index (χ4n) is 2.67. The van der Waals surface area contributed by atoms with Crippen molar-refractivity contribution in [2.24, 2.45) is 0 Å². The molecule has 25 heavy (non-hydrogen) atoms. The molecule has 0 aliphatic carbocycles. The maximum atomic E-state index is 12.6. The van der Waals surface area contributed by atoms with E-state index in [2.05, 4.69) is 10.7 Å². The van der Waals surface area contributed by atoms with Gasteiger partial charge in [-0.2, -0.15) is 0 Å². The summed E-state index contributed by atoms with van der Waals surface area (Å²) in [6, 6.07) is 12.2. The van der Waals surface area contributed by atoms with E-state index >= 15 is 0 Å². The molecule has 2 N–H and O–H groups in total. The maximum Gasteiger partial charge on any atom is 0.282 e. The molecule has 1 fully saturated rings. The summed E-state index contributed by atoms with van der Waals surface area (Å²) < 4.78 is 5.27. The van der Waals surface area contributed by atoms with Gasteiger partial charge in [0.2, 0.25) is 0 Å². The Balaban J connectivity index is 1.75. The van der Waals surface area contributed by atoms with Crippen LogP contribution >= 0.6 is 0 Å². The average molecular weight is 339 g/mol. The van der Waals surface area contributed by atoms with Gasteiger partial charge in [-0.05, 0) is 37.1 Å². The minimum atomic E-state index is -0.359. The van der Waals surface area contributed by atoms with Crippen molar-refractivity contribution in [3.8, 4) is 0 Å². The molecular weight excluding hydrogens is 318 g/mol. The van der Waals surface area contributed by atoms with Crippen molar-refractivity contribution in [2.45, 2.75) is 19.3 Å². The first-order valence-corrected chi connectivity index (χ1v) is 8.40. The Morgan fingerprint density at radius 2 is 1.76 bits per heavy atom. The van der Waals surface area contributed by atoms with Crippen molar-refractivity contribution in [3.05, 3.63) is 65.7 Å². The first-order chi connectivity index (χ1) is 12.2. The Morgan fingerprint density at radius 3 is 2.44 bits per heavy atom. The number of rotatable bonds is 5. The molecular formula is C19H21N3O3. The Hall–Kier alpha value is -2.86. The summed E-state index contributed by atoms with van der Waals surface area (Å²) in [7, 11) is 0. The molecule has 0 saturated carbocycles. The minimum absolute atomic E-state index is 0.148. The second kappa shape index (κ2) is 8.30. The standard InChI is InChI=1S/C19H21N3O3/c23-18(15-8-3-1-4-9-15)20-17(14-16-10-7-13-25-16)19(24)21-22-11-5-2-6-12-22/h1,3-4,7-10,13-14H,2,5-6,11-12H2,(H,20,23)(H,21,24). The lowest BCUT2D eigenvalue weighted by atomic mass is 10.2. The summed E-state index contributed by atoms with van der Waals surface area (Å²) in [5, 5.41) is 4.57. The van der Waals surface area contributed by atoms with Crippen LogP contribution in [0.1, 0.15) is 35.4 Å². The zero-order chi connectivity index (χ0) is 17.5. The quantitative estimate of drug-likeness (QED) is 0.821. The van der Waals surface area contributed by atoms with Crippen molar-refractivity contribution < 1.29 is 14.0 Å². The highest BCUT2D eigenvalue weighted by atomic mass is 16.3. The second-order valence-corrected chi connectivity index (χ2v) is 5.88. The van der Waals surface area contributed by atoms with E-state index in [0.29, 0.717) is 11.3 Å². The van der Waals surface area contributed by atoms with Gasteiger partial charge in [0.25, 0.3) is 11.8 Å². The lowest BCUT2D eigenvalue weighted by molar-refractivity contribution is -0.122. The van der Waals surface area contributed by atoms with Crippen LogP contribution in [0.2, 0.25) is 0 Å². The van der Waals surface area contributed by atoms with Gasteiger partial charge < -0.3 is 9.73 Å². The van der Waals surface area contributed by atoms with Crippen LogP contribution in [-0.2, 0) is 4.79 Å². The third-order valence-electron chi connectivity index (χ3n) is 3.97. The molecule has 3 rings (SSSR count). The van der Waals surface area contributed by atoms with Gasteiger partial charge in [0.05, 0.1) is 6.26 Å². The molecule has 130 valence electrons. The third kappa shape index (κ3) is 4.81. The Labute approximate surface area is 146 Å². The molecule has 2 heterocycles. The zero-order valence-electron chi connectivity index (χ0n) is 13.9. The molecule has 6 nitrogen and oxygen atoms in total. The fourth-order valence-corrected chi connectivity index (χ4v) is 2.67. The van der Waals surface area contributed by atoms with Crippen LogP contribution in [0.3, 0.4) is 0 Å². The summed E-state index contributed by atoms with van der Waals surface area (Å²) in [4.78, 5) is 25.0. The molecule has 2 amide bonds. The first-order valence-electron chi connectivity index (χ1n) is 8.40. The average Bonchev–Trinajstić information content (AvgIpc) is 3.16. The number of amides is 2. The molecule has 1 aliphatic heterocycles. The van der Waals surface area contributed by atoms with E-state index in [-0.39, 0.29) is 17.5 Å². The Morgan fingerprint density at radius 1 is 1.00 bits per heavy atom. The molecule has 0 unspecified atom stereocenters. The van der Waals surface area contributed by atoms with Crippen molar-refractivity contribution in [1.29, 1.82) is 0 Å². The van der Waals surface area contributed by atoms with Gasteiger partial charge in [-0.1, -0.05) is 24.6 Å². The molecule has 0 radical (unpaired) electrons. The van der Waals surface area contributed by atoms with Crippen molar-refractivity contribution in [1.82, 2.24) is 15.8 Å². The third-order valence-corrected chi connectivity index (χ3v) is 3.97. The summed E-state index contributed by atoms with van der Waals surface area (Å²) in [5.41, 5.74) is 3.49. The highest BCUT2D eigenvalue weighted by Crippen LogP contribution is 2.10. The van der Waals surface area contributed by atoms with E-state index < -0.39 is 0 Å². The molecule has 1 aromatic heterocycles. The number of hydrogen-bond donors (Lipinski definition) is 2. The van der Waals surface area contributed by atoms with Crippen LogP contribution in [0.15, 0.2) is 58.8 Å². The van der Waals surface area contributed by atoms with Gasteiger partial charge in [-0.3, -0.25) is 15.0 Å².